The molecule has 4 nitrogen and oxygen atoms in total. The topological polar surface area (TPSA) is 77.8 Å². The number of carboxylic acid groups (broad SMARTS) is 1. The van der Waals surface area contributed by atoms with Crippen LogP contribution in [0.5, 0.6) is 0 Å². The van der Waals surface area contributed by atoms with Gasteiger partial charge in [0.25, 0.3) is 0 Å². The third-order valence-electron chi connectivity index (χ3n) is 10.2. The van der Waals surface area contributed by atoms with Crippen molar-refractivity contribution in [1.29, 1.82) is 0 Å². The Bertz CT molecular complexity index is 605. The van der Waals surface area contributed by atoms with E-state index in [-0.39, 0.29) is 29.5 Å². The molecule has 0 saturated heterocycles. The lowest BCUT2D eigenvalue weighted by Crippen LogP contribution is -2.58. The van der Waals surface area contributed by atoms with Gasteiger partial charge in [0, 0.05) is 6.42 Å². The number of aliphatic carboxylic acids is 1. The molecule has 0 heterocycles. The van der Waals surface area contributed by atoms with Gasteiger partial charge in [-0.1, -0.05) is 20.8 Å². The summed E-state index contributed by atoms with van der Waals surface area (Å²) >= 11 is 0. The molecular formula is C24H40O4. The highest BCUT2D eigenvalue weighted by Gasteiger charge is 2.62. The first-order chi connectivity index (χ1) is 13.2. The molecule has 4 heteroatoms. The molecule has 160 valence electrons. The van der Waals surface area contributed by atoms with Gasteiger partial charge in [-0.2, -0.15) is 0 Å². The van der Waals surface area contributed by atoms with E-state index in [0.29, 0.717) is 35.5 Å². The highest BCUT2D eigenvalue weighted by Crippen LogP contribution is 2.68. The molecule has 0 aromatic heterocycles. The van der Waals surface area contributed by atoms with Crippen molar-refractivity contribution in [1.82, 2.24) is 0 Å². The van der Waals surface area contributed by atoms with Gasteiger partial charge in [-0.15, -0.1) is 0 Å². The summed E-state index contributed by atoms with van der Waals surface area (Å²) in [6.07, 6.45) is 9.19. The third-order valence-corrected chi connectivity index (χ3v) is 10.2. The first kappa shape index (κ1) is 20.7. The molecule has 5 unspecified atom stereocenters. The smallest absolute Gasteiger partial charge is 0.303 e. The van der Waals surface area contributed by atoms with Gasteiger partial charge in [-0.05, 0) is 104 Å². The SMILES string of the molecule is CC(CCC(=O)O)[C@@H]1CC[C@@H]2[C@@H]3C(O)C[C@@H]4CC(O)CCC4(C)[C@@H]3CCC21C. The largest absolute Gasteiger partial charge is 0.481 e. The van der Waals surface area contributed by atoms with Crippen LogP contribution in [0.4, 0.5) is 0 Å². The molecule has 3 N–H and O–H groups in total. The maximum absolute atomic E-state index is 11.2. The minimum absolute atomic E-state index is 0.179. The molecular weight excluding hydrogens is 352 g/mol. The van der Waals surface area contributed by atoms with Crippen LogP contribution in [0.1, 0.15) is 85.0 Å². The lowest BCUT2D eigenvalue weighted by atomic mass is 9.43. The lowest BCUT2D eigenvalue weighted by Gasteiger charge is -2.62. The lowest BCUT2D eigenvalue weighted by molar-refractivity contribution is -0.174. The maximum Gasteiger partial charge on any atom is 0.303 e. The summed E-state index contributed by atoms with van der Waals surface area (Å²) in [7, 11) is 0. The Morgan fingerprint density at radius 3 is 2.39 bits per heavy atom. The molecule has 10 atom stereocenters. The first-order valence-corrected chi connectivity index (χ1v) is 11.7. The molecule has 4 saturated carbocycles. The molecule has 0 amide bonds. The third kappa shape index (κ3) is 3.14. The van der Waals surface area contributed by atoms with Gasteiger partial charge < -0.3 is 15.3 Å². The Kier molecular flexibility index (Phi) is 5.36. The average Bonchev–Trinajstić information content (AvgIpc) is 2.98. The van der Waals surface area contributed by atoms with Crippen LogP contribution >= 0.6 is 0 Å². The molecule has 0 radical (unpaired) electrons. The number of rotatable bonds is 4. The average molecular weight is 393 g/mol. The predicted molar refractivity (Wildman–Crippen MR) is 109 cm³/mol. The van der Waals surface area contributed by atoms with Crippen LogP contribution in [0, 0.1) is 46.3 Å². The van der Waals surface area contributed by atoms with Gasteiger partial charge >= 0.3 is 5.97 Å². The van der Waals surface area contributed by atoms with Gasteiger partial charge in [0.15, 0.2) is 0 Å². The summed E-state index contributed by atoms with van der Waals surface area (Å²) in [5.74, 6) is 2.36. The van der Waals surface area contributed by atoms with Crippen molar-refractivity contribution in [2.45, 2.75) is 97.2 Å². The number of carbonyl (C=O) groups is 1. The molecule has 0 bridgehead atoms. The van der Waals surface area contributed by atoms with E-state index in [1.165, 1.54) is 25.7 Å². The van der Waals surface area contributed by atoms with Gasteiger partial charge in [-0.3, -0.25) is 4.79 Å². The Hall–Kier alpha value is -0.610. The van der Waals surface area contributed by atoms with Crippen LogP contribution in [0.3, 0.4) is 0 Å². The maximum atomic E-state index is 11.2. The molecule has 4 fully saturated rings. The molecule has 0 aromatic carbocycles. The number of aliphatic hydroxyl groups is 2. The normalized spacial score (nSPS) is 51.7. The first-order valence-electron chi connectivity index (χ1n) is 11.7. The van der Waals surface area contributed by atoms with Crippen molar-refractivity contribution in [2.24, 2.45) is 46.3 Å². The fourth-order valence-corrected chi connectivity index (χ4v) is 8.73. The second-order valence-corrected chi connectivity index (χ2v) is 11.4. The fraction of sp³-hybridized carbons (Fsp3) is 0.958. The van der Waals surface area contributed by atoms with Crippen molar-refractivity contribution < 1.29 is 20.1 Å². The van der Waals surface area contributed by atoms with Crippen molar-refractivity contribution >= 4 is 5.97 Å². The number of carboxylic acids is 1. The van der Waals surface area contributed by atoms with Crippen LogP contribution in [0.15, 0.2) is 0 Å². The van der Waals surface area contributed by atoms with Crippen LogP contribution in [-0.2, 0) is 4.79 Å². The summed E-state index contributed by atoms with van der Waals surface area (Å²) in [5, 5.41) is 30.5. The van der Waals surface area contributed by atoms with Gasteiger partial charge in [0.2, 0.25) is 0 Å². The zero-order valence-corrected chi connectivity index (χ0v) is 17.9. The Balaban J connectivity index is 1.55. The minimum Gasteiger partial charge on any atom is -0.481 e. The van der Waals surface area contributed by atoms with Crippen LogP contribution in [0.2, 0.25) is 0 Å². The molecule has 0 aliphatic heterocycles. The molecule has 4 rings (SSSR count). The van der Waals surface area contributed by atoms with E-state index in [0.717, 1.165) is 32.1 Å². The van der Waals surface area contributed by atoms with E-state index in [1.807, 2.05) is 0 Å². The summed E-state index contributed by atoms with van der Waals surface area (Å²) in [6, 6.07) is 0. The monoisotopic (exact) mass is 392 g/mol. The van der Waals surface area contributed by atoms with Crippen molar-refractivity contribution in [3.63, 3.8) is 0 Å². The van der Waals surface area contributed by atoms with E-state index < -0.39 is 5.97 Å². The van der Waals surface area contributed by atoms with E-state index in [9.17, 15) is 15.0 Å². The summed E-state index contributed by atoms with van der Waals surface area (Å²) in [6.45, 7) is 7.16. The minimum atomic E-state index is -0.684. The van der Waals surface area contributed by atoms with Crippen LogP contribution in [0.25, 0.3) is 0 Å². The summed E-state index contributed by atoms with van der Waals surface area (Å²) in [4.78, 5) is 11.1. The Morgan fingerprint density at radius 1 is 1.00 bits per heavy atom. The second-order valence-electron chi connectivity index (χ2n) is 11.4. The molecule has 4 aliphatic rings. The van der Waals surface area contributed by atoms with Gasteiger partial charge in [0.1, 0.15) is 0 Å². The zero-order valence-electron chi connectivity index (χ0n) is 17.9. The molecule has 0 aromatic rings. The van der Waals surface area contributed by atoms with Crippen molar-refractivity contribution in [3.05, 3.63) is 0 Å². The molecule has 4 aliphatic carbocycles. The van der Waals surface area contributed by atoms with Crippen molar-refractivity contribution in [3.8, 4) is 0 Å². The van der Waals surface area contributed by atoms with Gasteiger partial charge in [0.05, 0.1) is 12.2 Å². The number of hydrogen-bond acceptors (Lipinski definition) is 3. The van der Waals surface area contributed by atoms with Gasteiger partial charge in [-0.25, -0.2) is 0 Å². The number of fused-ring (bicyclic) bond motifs is 5. The van der Waals surface area contributed by atoms with E-state index in [1.54, 1.807) is 0 Å². The quantitative estimate of drug-likeness (QED) is 0.659. The summed E-state index contributed by atoms with van der Waals surface area (Å²) < 4.78 is 0. The number of aliphatic hydroxyl groups excluding tert-OH is 2. The van der Waals surface area contributed by atoms with Crippen LogP contribution < -0.4 is 0 Å². The predicted octanol–water partition coefficient (Wildman–Crippen LogP) is 4.48. The van der Waals surface area contributed by atoms with Crippen LogP contribution in [-0.4, -0.2) is 33.5 Å². The second kappa shape index (κ2) is 7.27. The van der Waals surface area contributed by atoms with E-state index in [4.69, 9.17) is 5.11 Å². The fourth-order valence-electron chi connectivity index (χ4n) is 8.73. The standard InChI is InChI=1S/C24H40O4/c1-14(4-7-21(27)28)17-5-6-18-22-19(9-11-24(17,18)3)23(2)10-8-16(25)12-15(23)13-20(22)26/h14-20,22,25-26H,4-13H2,1-3H3,(H,27,28)/t14?,15-,16?,17-,18+,19+,20?,22-,23?,24?/m0/s1. The molecule has 28 heavy (non-hydrogen) atoms. The van der Waals surface area contributed by atoms with E-state index in [2.05, 4.69) is 20.8 Å². The Labute approximate surface area is 170 Å². The highest BCUT2D eigenvalue weighted by atomic mass is 16.4. The van der Waals surface area contributed by atoms with Crippen molar-refractivity contribution in [2.75, 3.05) is 0 Å². The number of hydrogen-bond donors (Lipinski definition) is 3. The summed E-state index contributed by atoms with van der Waals surface area (Å²) in [5.41, 5.74) is 0.523. The van der Waals surface area contributed by atoms with E-state index >= 15 is 0 Å². The molecule has 0 spiro atoms. The highest BCUT2D eigenvalue weighted by molar-refractivity contribution is 5.66. The zero-order chi connectivity index (χ0) is 20.3. The Morgan fingerprint density at radius 2 is 1.68 bits per heavy atom.